The Morgan fingerprint density at radius 1 is 1.44 bits per heavy atom. The molecule has 0 aliphatic rings. The van der Waals surface area contributed by atoms with Crippen LogP contribution in [0.1, 0.15) is 22.8 Å². The lowest BCUT2D eigenvalue weighted by Gasteiger charge is -2.03. The topological polar surface area (TPSA) is 73.3 Å². The van der Waals surface area contributed by atoms with Crippen molar-refractivity contribution < 1.29 is 9.21 Å². The van der Waals surface area contributed by atoms with Crippen LogP contribution in [0.3, 0.4) is 0 Å². The van der Waals surface area contributed by atoms with Crippen LogP contribution in [0.25, 0.3) is 11.0 Å². The molecule has 1 heterocycles. The Morgan fingerprint density at radius 2 is 2.19 bits per heavy atom. The van der Waals surface area contributed by atoms with Crippen LogP contribution in [-0.2, 0) is 6.42 Å². The molecule has 0 saturated heterocycles. The number of hydrogen-bond acceptors (Lipinski definition) is 4. The molecule has 82 valence electrons. The van der Waals surface area contributed by atoms with Gasteiger partial charge in [0.25, 0.3) is 0 Å². The number of fused-ring (bicyclic) bond motifs is 1. The number of carbonyl (C=O) groups is 1. The number of benzene rings is 1. The molecule has 2 aromatic rings. The molecule has 16 heavy (non-hydrogen) atoms. The average molecular weight is 217 g/mol. The highest BCUT2D eigenvalue weighted by atomic mass is 16.3. The van der Waals surface area contributed by atoms with Gasteiger partial charge in [0.2, 0.25) is 11.3 Å². The molecule has 0 saturated carbocycles. The van der Waals surface area contributed by atoms with Gasteiger partial charge in [-0.05, 0) is 24.1 Å². The second kappa shape index (κ2) is 3.81. The van der Waals surface area contributed by atoms with Gasteiger partial charge < -0.3 is 10.2 Å². The van der Waals surface area contributed by atoms with Crippen molar-refractivity contribution in [2.24, 2.45) is 0 Å². The van der Waals surface area contributed by atoms with E-state index in [1.54, 1.807) is 12.1 Å². The van der Waals surface area contributed by atoms with Crippen molar-refractivity contribution in [3.63, 3.8) is 0 Å². The number of anilines is 1. The quantitative estimate of drug-likeness (QED) is 0.778. The highest BCUT2D eigenvalue weighted by Crippen LogP contribution is 2.18. The maximum absolute atomic E-state index is 11.9. The summed E-state index contributed by atoms with van der Waals surface area (Å²) in [6, 6.07) is 5.29. The van der Waals surface area contributed by atoms with Crippen LogP contribution in [0.5, 0.6) is 0 Å². The number of aldehydes is 1. The summed E-state index contributed by atoms with van der Waals surface area (Å²) in [5, 5.41) is 0.399. The summed E-state index contributed by atoms with van der Waals surface area (Å²) in [4.78, 5) is 22.6. The van der Waals surface area contributed by atoms with Gasteiger partial charge in [-0.3, -0.25) is 9.59 Å². The standard InChI is InChI=1S/C12H11NO3/c1-2-7-3-4-10-8(5-7)11(15)9(6-14)12(13)16-10/h3-6H,2,13H2,1H3. The third-order valence-electron chi connectivity index (χ3n) is 2.54. The van der Waals surface area contributed by atoms with E-state index in [1.165, 1.54) is 0 Å². The molecular weight excluding hydrogens is 206 g/mol. The van der Waals surface area contributed by atoms with Crippen LogP contribution in [-0.4, -0.2) is 6.29 Å². The summed E-state index contributed by atoms with van der Waals surface area (Å²) in [6.45, 7) is 1.99. The van der Waals surface area contributed by atoms with Crippen LogP contribution in [0, 0.1) is 0 Å². The van der Waals surface area contributed by atoms with Crippen LogP contribution in [0.4, 0.5) is 5.88 Å². The van der Waals surface area contributed by atoms with Crippen molar-refractivity contribution in [1.82, 2.24) is 0 Å². The average Bonchev–Trinajstić information content (AvgIpc) is 2.29. The first-order chi connectivity index (χ1) is 7.67. The lowest BCUT2D eigenvalue weighted by molar-refractivity contribution is 0.112. The molecule has 0 spiro atoms. The molecule has 0 unspecified atom stereocenters. The largest absolute Gasteiger partial charge is 0.440 e. The maximum Gasteiger partial charge on any atom is 0.205 e. The van der Waals surface area contributed by atoms with E-state index in [9.17, 15) is 9.59 Å². The van der Waals surface area contributed by atoms with E-state index in [0.29, 0.717) is 17.3 Å². The summed E-state index contributed by atoms with van der Waals surface area (Å²) >= 11 is 0. The normalized spacial score (nSPS) is 10.6. The lowest BCUT2D eigenvalue weighted by Crippen LogP contribution is -2.11. The first-order valence-electron chi connectivity index (χ1n) is 4.97. The van der Waals surface area contributed by atoms with Gasteiger partial charge in [0, 0.05) is 0 Å². The van der Waals surface area contributed by atoms with Gasteiger partial charge in [0.05, 0.1) is 5.39 Å². The van der Waals surface area contributed by atoms with Gasteiger partial charge in [-0.1, -0.05) is 13.0 Å². The van der Waals surface area contributed by atoms with Gasteiger partial charge in [-0.2, -0.15) is 0 Å². The minimum Gasteiger partial charge on any atom is -0.440 e. The Balaban J connectivity index is 2.89. The minimum atomic E-state index is -0.371. The van der Waals surface area contributed by atoms with Gasteiger partial charge >= 0.3 is 0 Å². The number of aryl methyl sites for hydroxylation is 1. The van der Waals surface area contributed by atoms with Gasteiger partial charge in [0.15, 0.2) is 6.29 Å². The van der Waals surface area contributed by atoms with E-state index in [4.69, 9.17) is 10.2 Å². The maximum atomic E-state index is 11.9. The molecule has 2 N–H and O–H groups in total. The van der Waals surface area contributed by atoms with Gasteiger partial charge in [0.1, 0.15) is 11.1 Å². The zero-order chi connectivity index (χ0) is 11.7. The first kappa shape index (κ1) is 10.4. The third kappa shape index (κ3) is 1.48. The smallest absolute Gasteiger partial charge is 0.205 e. The van der Waals surface area contributed by atoms with Crippen molar-refractivity contribution in [1.29, 1.82) is 0 Å². The molecule has 0 atom stereocenters. The van der Waals surface area contributed by atoms with Crippen LogP contribution >= 0.6 is 0 Å². The summed E-state index contributed by atoms with van der Waals surface area (Å²) in [5.41, 5.74) is 6.41. The summed E-state index contributed by atoms with van der Waals surface area (Å²) in [6.07, 6.45) is 1.25. The Morgan fingerprint density at radius 3 is 2.81 bits per heavy atom. The molecule has 0 aliphatic heterocycles. The van der Waals surface area contributed by atoms with Crippen molar-refractivity contribution >= 4 is 23.1 Å². The van der Waals surface area contributed by atoms with E-state index in [1.807, 2.05) is 13.0 Å². The molecular formula is C12H11NO3. The molecule has 0 amide bonds. The Bertz CT molecular complexity index is 613. The summed E-state index contributed by atoms with van der Waals surface area (Å²) < 4.78 is 5.21. The van der Waals surface area contributed by atoms with Gasteiger partial charge in [-0.15, -0.1) is 0 Å². The van der Waals surface area contributed by atoms with E-state index in [-0.39, 0.29) is 16.9 Å². The molecule has 4 heteroatoms. The first-order valence-corrected chi connectivity index (χ1v) is 4.97. The monoisotopic (exact) mass is 217 g/mol. The van der Waals surface area contributed by atoms with Crippen molar-refractivity contribution in [3.8, 4) is 0 Å². The van der Waals surface area contributed by atoms with Crippen LogP contribution in [0.2, 0.25) is 0 Å². The number of hydrogen-bond donors (Lipinski definition) is 1. The molecule has 0 radical (unpaired) electrons. The molecule has 1 aromatic heterocycles. The zero-order valence-electron chi connectivity index (χ0n) is 8.82. The van der Waals surface area contributed by atoms with E-state index in [2.05, 4.69) is 0 Å². The number of carbonyl (C=O) groups excluding carboxylic acids is 1. The Kier molecular flexibility index (Phi) is 2.48. The van der Waals surface area contributed by atoms with E-state index in [0.717, 1.165) is 12.0 Å². The predicted octanol–water partition coefficient (Wildman–Crippen LogP) is 1.75. The number of nitrogens with two attached hydrogens (primary N) is 1. The number of nitrogen functional groups attached to an aromatic ring is 1. The summed E-state index contributed by atoms with van der Waals surface area (Å²) in [7, 11) is 0. The zero-order valence-corrected chi connectivity index (χ0v) is 8.82. The fourth-order valence-electron chi connectivity index (χ4n) is 1.61. The summed E-state index contributed by atoms with van der Waals surface area (Å²) in [5.74, 6) is -0.128. The predicted molar refractivity (Wildman–Crippen MR) is 61.7 cm³/mol. The Labute approximate surface area is 91.7 Å². The second-order valence-corrected chi connectivity index (χ2v) is 3.51. The van der Waals surface area contributed by atoms with Crippen molar-refractivity contribution in [3.05, 3.63) is 39.5 Å². The SMILES string of the molecule is CCc1ccc2oc(N)c(C=O)c(=O)c2c1. The van der Waals surface area contributed by atoms with Crippen molar-refractivity contribution in [2.45, 2.75) is 13.3 Å². The molecule has 1 aromatic carbocycles. The van der Waals surface area contributed by atoms with Crippen molar-refractivity contribution in [2.75, 3.05) is 5.73 Å². The fraction of sp³-hybridized carbons (Fsp3) is 0.167. The minimum absolute atomic E-state index is 0.110. The van der Waals surface area contributed by atoms with Crippen LogP contribution in [0.15, 0.2) is 27.4 Å². The van der Waals surface area contributed by atoms with E-state index < -0.39 is 0 Å². The molecule has 0 aliphatic carbocycles. The highest BCUT2D eigenvalue weighted by Gasteiger charge is 2.11. The lowest BCUT2D eigenvalue weighted by atomic mass is 10.1. The fourth-order valence-corrected chi connectivity index (χ4v) is 1.61. The second-order valence-electron chi connectivity index (χ2n) is 3.51. The highest BCUT2D eigenvalue weighted by molar-refractivity contribution is 5.89. The van der Waals surface area contributed by atoms with Gasteiger partial charge in [-0.25, -0.2) is 0 Å². The molecule has 0 bridgehead atoms. The molecule has 0 fully saturated rings. The molecule has 2 rings (SSSR count). The molecule has 4 nitrogen and oxygen atoms in total. The third-order valence-corrected chi connectivity index (χ3v) is 2.54. The van der Waals surface area contributed by atoms with Crippen LogP contribution < -0.4 is 11.2 Å². The van der Waals surface area contributed by atoms with E-state index >= 15 is 0 Å². The Hall–Kier alpha value is -2.10. The number of rotatable bonds is 2.